The fourth-order valence-corrected chi connectivity index (χ4v) is 3.79. The standard InChI is InChI=1S/C18H22BrN5O3/c19-13-4-5-16-21-15(13)10-26-7-1-6-20-18(25)27-12-3-2-11(8-12)14-9-17(22-16)24-23-14/h4-5,9,11-12H,1-3,6-8,10H2,(H,20,25)(H2,21,22,23,24)/t11-,12+/m0/s1. The normalized spacial score (nSPS) is 23.5. The number of anilines is 2. The number of ether oxygens (including phenoxy) is 2. The third kappa shape index (κ3) is 4.59. The minimum absolute atomic E-state index is 0.0551. The van der Waals surface area contributed by atoms with Crippen LogP contribution in [0, 0.1) is 0 Å². The summed E-state index contributed by atoms with van der Waals surface area (Å²) in [6.45, 7) is 1.44. The number of amides is 1. The molecule has 0 radical (unpaired) electrons. The van der Waals surface area contributed by atoms with E-state index in [1.165, 1.54) is 0 Å². The lowest BCUT2D eigenvalue weighted by Crippen LogP contribution is -2.29. The molecule has 2 atom stereocenters. The van der Waals surface area contributed by atoms with Crippen LogP contribution >= 0.6 is 15.9 Å². The Labute approximate surface area is 165 Å². The minimum Gasteiger partial charge on any atom is -0.446 e. The summed E-state index contributed by atoms with van der Waals surface area (Å²) >= 11 is 3.51. The maximum atomic E-state index is 11.9. The summed E-state index contributed by atoms with van der Waals surface area (Å²) in [7, 11) is 0. The zero-order valence-electron chi connectivity index (χ0n) is 14.8. The highest BCUT2D eigenvalue weighted by Crippen LogP contribution is 2.36. The van der Waals surface area contributed by atoms with Gasteiger partial charge in [-0.05, 0) is 53.7 Å². The van der Waals surface area contributed by atoms with Crippen molar-refractivity contribution >= 4 is 33.7 Å². The number of carbonyl (C=O) groups excluding carboxylic acids is 1. The van der Waals surface area contributed by atoms with Crippen molar-refractivity contribution in [3.63, 3.8) is 0 Å². The van der Waals surface area contributed by atoms with Crippen LogP contribution in [0.4, 0.5) is 16.4 Å². The van der Waals surface area contributed by atoms with E-state index in [4.69, 9.17) is 9.47 Å². The SMILES string of the molecule is O=C1NCCCOCc2nc(ccc2Br)Nc2cc([nH]n2)[C@H]2CC[C@H](C2)O1. The Morgan fingerprint density at radius 1 is 1.22 bits per heavy atom. The minimum atomic E-state index is -0.356. The lowest BCUT2D eigenvalue weighted by molar-refractivity contribution is 0.0956. The van der Waals surface area contributed by atoms with Crippen molar-refractivity contribution in [2.45, 2.75) is 44.3 Å². The number of aromatic amines is 1. The molecule has 2 aromatic rings. The topological polar surface area (TPSA) is 101 Å². The van der Waals surface area contributed by atoms with E-state index in [1.807, 2.05) is 18.2 Å². The van der Waals surface area contributed by atoms with Crippen LogP contribution in [-0.4, -0.2) is 40.5 Å². The van der Waals surface area contributed by atoms with Crippen molar-refractivity contribution in [1.29, 1.82) is 0 Å². The highest BCUT2D eigenvalue weighted by Gasteiger charge is 2.30. The highest BCUT2D eigenvalue weighted by molar-refractivity contribution is 9.10. The molecule has 2 aliphatic rings. The third-order valence-corrected chi connectivity index (χ3v) is 5.57. The Kier molecular flexibility index (Phi) is 5.58. The Morgan fingerprint density at radius 3 is 3.07 bits per heavy atom. The van der Waals surface area contributed by atoms with Gasteiger partial charge in [-0.25, -0.2) is 9.78 Å². The number of fused-ring (bicyclic) bond motifs is 7. The molecule has 27 heavy (non-hydrogen) atoms. The molecule has 0 saturated heterocycles. The van der Waals surface area contributed by atoms with Crippen LogP contribution in [0.3, 0.4) is 0 Å². The number of hydrogen-bond acceptors (Lipinski definition) is 6. The van der Waals surface area contributed by atoms with Crippen LogP contribution in [0.1, 0.15) is 43.0 Å². The highest BCUT2D eigenvalue weighted by atomic mass is 79.9. The predicted octanol–water partition coefficient (Wildman–Crippen LogP) is 3.59. The van der Waals surface area contributed by atoms with Crippen LogP contribution in [0.25, 0.3) is 0 Å². The van der Waals surface area contributed by atoms with Crippen LogP contribution in [-0.2, 0) is 16.1 Å². The number of H-pyrrole nitrogens is 1. The van der Waals surface area contributed by atoms with Crippen molar-refractivity contribution in [2.24, 2.45) is 0 Å². The zero-order chi connectivity index (χ0) is 18.6. The van der Waals surface area contributed by atoms with Gasteiger partial charge < -0.3 is 20.1 Å². The maximum Gasteiger partial charge on any atom is 0.407 e. The molecule has 9 heteroatoms. The summed E-state index contributed by atoms with van der Waals surface area (Å²) in [5.74, 6) is 1.75. The lowest BCUT2D eigenvalue weighted by atomic mass is 10.0. The van der Waals surface area contributed by atoms with Crippen molar-refractivity contribution in [1.82, 2.24) is 20.5 Å². The fraction of sp³-hybridized carbons (Fsp3) is 0.500. The number of rotatable bonds is 0. The van der Waals surface area contributed by atoms with Crippen molar-refractivity contribution < 1.29 is 14.3 Å². The Balaban J connectivity index is 1.53. The van der Waals surface area contributed by atoms with E-state index in [0.717, 1.165) is 46.8 Å². The van der Waals surface area contributed by atoms with E-state index in [1.54, 1.807) is 0 Å². The third-order valence-electron chi connectivity index (χ3n) is 4.84. The van der Waals surface area contributed by atoms with Gasteiger partial charge in [0.2, 0.25) is 0 Å². The van der Waals surface area contributed by atoms with E-state index in [-0.39, 0.29) is 12.2 Å². The average Bonchev–Trinajstić information content (AvgIpc) is 3.29. The van der Waals surface area contributed by atoms with E-state index in [2.05, 4.69) is 41.7 Å². The first-order chi connectivity index (χ1) is 13.2. The number of nitrogens with one attached hydrogen (secondary N) is 3. The second-order valence-corrected chi connectivity index (χ2v) is 7.68. The Hall–Kier alpha value is -2.13. The molecule has 1 saturated carbocycles. The van der Waals surface area contributed by atoms with Crippen LogP contribution < -0.4 is 10.6 Å². The Bertz CT molecular complexity index is 812. The van der Waals surface area contributed by atoms with Gasteiger partial charge in [-0.1, -0.05) is 0 Å². The van der Waals surface area contributed by atoms with E-state index in [9.17, 15) is 4.79 Å². The molecule has 6 bridgehead atoms. The molecule has 0 unspecified atom stereocenters. The number of nitrogens with zero attached hydrogens (tertiary/aromatic N) is 2. The number of aromatic nitrogens is 3. The Morgan fingerprint density at radius 2 is 2.15 bits per heavy atom. The smallest absolute Gasteiger partial charge is 0.407 e. The molecule has 2 aromatic heterocycles. The summed E-state index contributed by atoms with van der Waals surface area (Å²) < 4.78 is 12.1. The molecule has 3 heterocycles. The fourth-order valence-electron chi connectivity index (χ4n) is 3.45. The lowest BCUT2D eigenvalue weighted by Gasteiger charge is -2.13. The van der Waals surface area contributed by atoms with Crippen molar-refractivity contribution in [3.8, 4) is 0 Å². The van der Waals surface area contributed by atoms with Gasteiger partial charge in [0, 0.05) is 35.3 Å². The summed E-state index contributed by atoms with van der Waals surface area (Å²) in [5.41, 5.74) is 1.86. The number of halogens is 1. The number of pyridine rings is 1. The molecular formula is C18H22BrN5O3. The first-order valence-electron chi connectivity index (χ1n) is 9.17. The first-order valence-corrected chi connectivity index (χ1v) is 9.96. The largest absolute Gasteiger partial charge is 0.446 e. The summed E-state index contributed by atoms with van der Waals surface area (Å²) in [4.78, 5) is 16.5. The maximum absolute atomic E-state index is 11.9. The molecular weight excluding hydrogens is 414 g/mol. The van der Waals surface area contributed by atoms with Gasteiger partial charge >= 0.3 is 6.09 Å². The number of carbonyl (C=O) groups is 1. The molecule has 1 aliphatic carbocycles. The monoisotopic (exact) mass is 435 g/mol. The second-order valence-electron chi connectivity index (χ2n) is 6.83. The van der Waals surface area contributed by atoms with Gasteiger partial charge in [0.25, 0.3) is 0 Å². The predicted molar refractivity (Wildman–Crippen MR) is 103 cm³/mol. The summed E-state index contributed by atoms with van der Waals surface area (Å²) in [6, 6.07) is 5.84. The van der Waals surface area contributed by atoms with Crippen LogP contribution in [0.2, 0.25) is 0 Å². The van der Waals surface area contributed by atoms with Gasteiger partial charge in [-0.15, -0.1) is 0 Å². The molecule has 0 aromatic carbocycles. The summed E-state index contributed by atoms with van der Waals surface area (Å²) in [6.07, 6.45) is 2.94. The summed E-state index contributed by atoms with van der Waals surface area (Å²) in [5, 5.41) is 13.5. The second kappa shape index (κ2) is 8.26. The molecule has 0 spiro atoms. The molecule has 1 aliphatic heterocycles. The molecule has 1 amide bonds. The molecule has 3 N–H and O–H groups in total. The molecule has 1 fully saturated rings. The average molecular weight is 436 g/mol. The van der Waals surface area contributed by atoms with Crippen molar-refractivity contribution in [3.05, 3.63) is 34.1 Å². The van der Waals surface area contributed by atoms with E-state index < -0.39 is 0 Å². The quantitative estimate of drug-likeness (QED) is 0.584. The van der Waals surface area contributed by atoms with Gasteiger partial charge in [-0.3, -0.25) is 5.10 Å². The first kappa shape index (κ1) is 18.2. The van der Waals surface area contributed by atoms with Gasteiger partial charge in [0.1, 0.15) is 11.9 Å². The van der Waals surface area contributed by atoms with E-state index >= 15 is 0 Å². The van der Waals surface area contributed by atoms with E-state index in [0.29, 0.717) is 32.1 Å². The van der Waals surface area contributed by atoms with Gasteiger partial charge in [0.05, 0.1) is 12.3 Å². The van der Waals surface area contributed by atoms with Crippen molar-refractivity contribution in [2.75, 3.05) is 18.5 Å². The molecule has 8 nitrogen and oxygen atoms in total. The van der Waals surface area contributed by atoms with Gasteiger partial charge in [0.15, 0.2) is 5.82 Å². The number of alkyl carbamates (subject to hydrolysis) is 1. The van der Waals surface area contributed by atoms with Crippen LogP contribution in [0.5, 0.6) is 0 Å². The van der Waals surface area contributed by atoms with Crippen LogP contribution in [0.15, 0.2) is 22.7 Å². The van der Waals surface area contributed by atoms with Gasteiger partial charge in [-0.2, -0.15) is 5.10 Å². The molecule has 144 valence electrons. The molecule has 4 rings (SSSR count). The number of hydrogen-bond donors (Lipinski definition) is 3. The zero-order valence-corrected chi connectivity index (χ0v) is 16.4.